The molecule has 1 N–H and O–H groups in total. The minimum absolute atomic E-state index is 0. The minimum atomic E-state index is 0. The molecule has 0 saturated carbocycles. The zero-order valence-corrected chi connectivity index (χ0v) is 15.4. The lowest BCUT2D eigenvalue weighted by Crippen LogP contribution is -2.38. The molecule has 1 aromatic rings. The summed E-state index contributed by atoms with van der Waals surface area (Å²) < 4.78 is 6.17. The molecule has 1 aromatic carbocycles. The molecule has 2 heterocycles. The summed E-state index contributed by atoms with van der Waals surface area (Å²) >= 11 is 0. The van der Waals surface area contributed by atoms with Crippen LogP contribution in [0, 0.1) is 5.92 Å². The highest BCUT2D eigenvalue weighted by molar-refractivity contribution is 5.85. The molecule has 0 atom stereocenters. The molecule has 2 saturated heterocycles. The van der Waals surface area contributed by atoms with E-state index in [1.54, 1.807) is 0 Å². The molecule has 0 radical (unpaired) electrons. The first kappa shape index (κ1) is 20.7. The van der Waals surface area contributed by atoms with Gasteiger partial charge in [-0.1, -0.05) is 30.3 Å². The fourth-order valence-electron chi connectivity index (χ4n) is 3.40. The smallest absolute Gasteiger partial charge is 0.0599 e. The van der Waals surface area contributed by atoms with E-state index in [-0.39, 0.29) is 24.8 Å². The van der Waals surface area contributed by atoms with Crippen molar-refractivity contribution in [1.29, 1.82) is 0 Å². The Morgan fingerprint density at radius 3 is 2.26 bits per heavy atom. The Kier molecular flexibility index (Phi) is 10.2. The number of hydrogen-bond donors (Lipinski definition) is 1. The zero-order valence-electron chi connectivity index (χ0n) is 13.8. The molecule has 0 aromatic heterocycles. The van der Waals surface area contributed by atoms with Crippen LogP contribution in [-0.4, -0.2) is 43.8 Å². The third-order valence-electron chi connectivity index (χ3n) is 4.81. The van der Waals surface area contributed by atoms with E-state index in [1.165, 1.54) is 57.4 Å². The number of nitrogens with one attached hydrogen (secondary N) is 1. The average Bonchev–Trinajstić information content (AvgIpc) is 2.56. The standard InChI is InChI=1S/C18H28N2O.2ClH/c1-2-4-16(5-3-1)14-20-12-8-18(9-13-20)21-15-17-6-10-19-11-7-17;;/h1-5,17-19H,6-15H2;2*1H. The van der Waals surface area contributed by atoms with Crippen LogP contribution in [0.4, 0.5) is 0 Å². The van der Waals surface area contributed by atoms with Crippen molar-refractivity contribution in [3.05, 3.63) is 35.9 Å². The SMILES string of the molecule is Cl.Cl.c1ccc(CN2CCC(OCC3CCNCC3)CC2)cc1. The lowest BCUT2D eigenvalue weighted by Gasteiger charge is -2.33. The Hall–Kier alpha value is -0.320. The molecule has 3 nitrogen and oxygen atoms in total. The summed E-state index contributed by atoms with van der Waals surface area (Å²) in [4.78, 5) is 2.56. The van der Waals surface area contributed by atoms with Crippen molar-refractivity contribution in [3.63, 3.8) is 0 Å². The van der Waals surface area contributed by atoms with Crippen molar-refractivity contribution in [2.24, 2.45) is 5.92 Å². The van der Waals surface area contributed by atoms with Gasteiger partial charge in [-0.05, 0) is 50.3 Å². The van der Waals surface area contributed by atoms with Crippen LogP contribution in [0.2, 0.25) is 0 Å². The Morgan fingerprint density at radius 1 is 0.957 bits per heavy atom. The van der Waals surface area contributed by atoms with Gasteiger partial charge in [-0.25, -0.2) is 0 Å². The molecule has 23 heavy (non-hydrogen) atoms. The highest BCUT2D eigenvalue weighted by Crippen LogP contribution is 2.19. The molecule has 2 aliphatic heterocycles. The van der Waals surface area contributed by atoms with Crippen LogP contribution in [0.3, 0.4) is 0 Å². The van der Waals surface area contributed by atoms with E-state index >= 15 is 0 Å². The lowest BCUT2D eigenvalue weighted by atomic mass is 9.99. The fourth-order valence-corrected chi connectivity index (χ4v) is 3.40. The second kappa shape index (κ2) is 11.3. The van der Waals surface area contributed by atoms with E-state index in [9.17, 15) is 0 Å². The van der Waals surface area contributed by atoms with Gasteiger partial charge in [0.15, 0.2) is 0 Å². The summed E-state index contributed by atoms with van der Waals surface area (Å²) in [5.41, 5.74) is 1.42. The van der Waals surface area contributed by atoms with Gasteiger partial charge in [0.1, 0.15) is 0 Å². The van der Waals surface area contributed by atoms with Gasteiger partial charge in [0.05, 0.1) is 6.10 Å². The molecule has 0 aliphatic carbocycles. The van der Waals surface area contributed by atoms with Gasteiger partial charge in [0, 0.05) is 26.2 Å². The van der Waals surface area contributed by atoms with Gasteiger partial charge in [-0.15, -0.1) is 24.8 Å². The number of likely N-dealkylation sites (tertiary alicyclic amines) is 1. The van der Waals surface area contributed by atoms with Gasteiger partial charge in [-0.3, -0.25) is 4.90 Å². The molecule has 3 rings (SSSR count). The predicted molar refractivity (Wildman–Crippen MR) is 101 cm³/mol. The predicted octanol–water partition coefficient (Wildman–Crippen LogP) is 3.51. The third-order valence-corrected chi connectivity index (χ3v) is 4.81. The van der Waals surface area contributed by atoms with Gasteiger partial charge in [0.2, 0.25) is 0 Å². The highest BCUT2D eigenvalue weighted by Gasteiger charge is 2.21. The number of benzene rings is 1. The maximum Gasteiger partial charge on any atom is 0.0599 e. The second-order valence-corrected chi connectivity index (χ2v) is 6.49. The Labute approximate surface area is 153 Å². The Balaban J connectivity index is 0.00000132. The summed E-state index contributed by atoms with van der Waals surface area (Å²) in [5.74, 6) is 0.786. The van der Waals surface area contributed by atoms with Crippen LogP contribution >= 0.6 is 24.8 Å². The van der Waals surface area contributed by atoms with Gasteiger partial charge in [-0.2, -0.15) is 0 Å². The number of rotatable bonds is 5. The first-order chi connectivity index (χ1) is 10.4. The maximum atomic E-state index is 6.17. The van der Waals surface area contributed by atoms with Crippen molar-refractivity contribution in [1.82, 2.24) is 10.2 Å². The van der Waals surface area contributed by atoms with E-state index in [1.807, 2.05) is 0 Å². The van der Waals surface area contributed by atoms with Gasteiger partial charge >= 0.3 is 0 Å². The molecule has 0 unspecified atom stereocenters. The van der Waals surface area contributed by atoms with Crippen molar-refractivity contribution in [2.45, 2.75) is 38.3 Å². The van der Waals surface area contributed by atoms with Crippen molar-refractivity contribution >= 4 is 24.8 Å². The van der Waals surface area contributed by atoms with Crippen molar-refractivity contribution in [3.8, 4) is 0 Å². The molecular formula is C18H30Cl2N2O. The molecule has 0 amide bonds. The number of nitrogens with zero attached hydrogens (tertiary/aromatic N) is 1. The van der Waals surface area contributed by atoms with Gasteiger partial charge < -0.3 is 10.1 Å². The molecule has 2 fully saturated rings. The molecule has 132 valence electrons. The summed E-state index contributed by atoms with van der Waals surface area (Å²) in [6, 6.07) is 10.8. The van der Waals surface area contributed by atoms with Crippen LogP contribution < -0.4 is 5.32 Å². The molecule has 0 spiro atoms. The quantitative estimate of drug-likeness (QED) is 0.869. The van der Waals surface area contributed by atoms with Crippen molar-refractivity contribution < 1.29 is 4.74 Å². The highest BCUT2D eigenvalue weighted by atomic mass is 35.5. The van der Waals surface area contributed by atoms with E-state index in [4.69, 9.17) is 4.74 Å². The zero-order chi connectivity index (χ0) is 14.3. The Bertz CT molecular complexity index is 405. The summed E-state index contributed by atoms with van der Waals surface area (Å²) in [5, 5.41) is 3.42. The summed E-state index contributed by atoms with van der Waals surface area (Å²) in [6.07, 6.45) is 5.45. The monoisotopic (exact) mass is 360 g/mol. The summed E-state index contributed by atoms with van der Waals surface area (Å²) in [7, 11) is 0. The Morgan fingerprint density at radius 2 is 1.61 bits per heavy atom. The summed E-state index contributed by atoms with van der Waals surface area (Å²) in [6.45, 7) is 6.75. The van der Waals surface area contributed by atoms with E-state index in [0.717, 1.165) is 19.1 Å². The van der Waals surface area contributed by atoms with Crippen LogP contribution in [0.5, 0.6) is 0 Å². The molecular weight excluding hydrogens is 331 g/mol. The van der Waals surface area contributed by atoms with Crippen LogP contribution in [0.25, 0.3) is 0 Å². The van der Waals surface area contributed by atoms with Crippen molar-refractivity contribution in [2.75, 3.05) is 32.8 Å². The maximum absolute atomic E-state index is 6.17. The molecule has 2 aliphatic rings. The van der Waals surface area contributed by atoms with Crippen LogP contribution in [0.15, 0.2) is 30.3 Å². The third kappa shape index (κ3) is 6.98. The molecule has 5 heteroatoms. The average molecular weight is 361 g/mol. The normalized spacial score (nSPS) is 20.5. The number of piperidine rings is 2. The first-order valence-corrected chi connectivity index (χ1v) is 8.49. The van der Waals surface area contributed by atoms with Crippen LogP contribution in [0.1, 0.15) is 31.2 Å². The number of ether oxygens (including phenoxy) is 1. The first-order valence-electron chi connectivity index (χ1n) is 8.49. The minimum Gasteiger partial charge on any atom is -0.378 e. The van der Waals surface area contributed by atoms with E-state index in [0.29, 0.717) is 6.10 Å². The topological polar surface area (TPSA) is 24.5 Å². The second-order valence-electron chi connectivity index (χ2n) is 6.49. The van der Waals surface area contributed by atoms with E-state index < -0.39 is 0 Å². The number of hydrogen-bond acceptors (Lipinski definition) is 3. The number of halogens is 2. The van der Waals surface area contributed by atoms with E-state index in [2.05, 4.69) is 40.5 Å². The molecule has 0 bridgehead atoms. The van der Waals surface area contributed by atoms with Gasteiger partial charge in [0.25, 0.3) is 0 Å². The fraction of sp³-hybridized carbons (Fsp3) is 0.667. The largest absolute Gasteiger partial charge is 0.378 e. The lowest BCUT2D eigenvalue weighted by molar-refractivity contribution is -0.0147. The van der Waals surface area contributed by atoms with Crippen LogP contribution in [-0.2, 0) is 11.3 Å².